The van der Waals surface area contributed by atoms with Gasteiger partial charge in [0.05, 0.1) is 11.8 Å². The second-order valence-corrected chi connectivity index (χ2v) is 7.32. The van der Waals surface area contributed by atoms with Gasteiger partial charge in [-0.25, -0.2) is 0 Å². The van der Waals surface area contributed by atoms with Crippen LogP contribution in [0.5, 0.6) is 0 Å². The van der Waals surface area contributed by atoms with E-state index < -0.39 is 5.97 Å². The van der Waals surface area contributed by atoms with Crippen LogP contribution in [0.3, 0.4) is 0 Å². The number of nitrogens with zero attached hydrogens (tertiary/aromatic N) is 1. The van der Waals surface area contributed by atoms with Gasteiger partial charge in [-0.05, 0) is 32.1 Å². The fraction of sp³-hybridized carbons (Fsp3) is 0.684. The van der Waals surface area contributed by atoms with Crippen LogP contribution in [-0.4, -0.2) is 34.5 Å². The van der Waals surface area contributed by atoms with Gasteiger partial charge < -0.3 is 14.4 Å². The molecule has 1 atom stereocenters. The zero-order valence-electron chi connectivity index (χ0n) is 14.4. The van der Waals surface area contributed by atoms with E-state index in [0.717, 1.165) is 37.3 Å². The lowest BCUT2D eigenvalue weighted by molar-refractivity contribution is -0.136. The van der Waals surface area contributed by atoms with E-state index in [1.165, 1.54) is 38.4 Å². The summed E-state index contributed by atoms with van der Waals surface area (Å²) in [5.74, 6) is 0.00351. The number of amides is 1. The zero-order chi connectivity index (χ0) is 17.1. The number of likely N-dealkylation sites (tertiary alicyclic amines) is 1. The first-order valence-electron chi connectivity index (χ1n) is 9.16. The Bertz CT molecular complexity index is 601. The minimum atomic E-state index is -0.974. The van der Waals surface area contributed by atoms with Crippen LogP contribution < -0.4 is 0 Å². The number of aryl methyl sites for hydroxylation is 1. The molecule has 1 aliphatic carbocycles. The molecule has 0 radical (unpaired) electrons. The SMILES string of the molecule is Cc1coc(CC(=O)O)c1C(=O)N1CCCC1CC1CCCCC1. The van der Waals surface area contributed by atoms with Crippen LogP contribution >= 0.6 is 0 Å². The number of furan rings is 1. The van der Waals surface area contributed by atoms with Crippen LogP contribution in [0, 0.1) is 12.8 Å². The highest BCUT2D eigenvalue weighted by atomic mass is 16.4. The Balaban J connectivity index is 1.73. The minimum Gasteiger partial charge on any atom is -0.481 e. The number of carboxylic acids is 1. The monoisotopic (exact) mass is 333 g/mol. The molecule has 132 valence electrons. The molecule has 1 unspecified atom stereocenters. The van der Waals surface area contributed by atoms with Crippen molar-refractivity contribution in [2.45, 2.75) is 70.8 Å². The molecular weight excluding hydrogens is 306 g/mol. The average molecular weight is 333 g/mol. The van der Waals surface area contributed by atoms with Crippen molar-refractivity contribution < 1.29 is 19.1 Å². The molecule has 5 nitrogen and oxygen atoms in total. The summed E-state index contributed by atoms with van der Waals surface area (Å²) in [5.41, 5.74) is 1.20. The minimum absolute atomic E-state index is 0.0455. The van der Waals surface area contributed by atoms with Gasteiger partial charge in [-0.1, -0.05) is 32.1 Å². The first kappa shape index (κ1) is 17.1. The summed E-state index contributed by atoms with van der Waals surface area (Å²) in [4.78, 5) is 26.0. The summed E-state index contributed by atoms with van der Waals surface area (Å²) in [6, 6.07) is 0.299. The first-order valence-corrected chi connectivity index (χ1v) is 9.16. The molecule has 1 amide bonds. The first-order chi connectivity index (χ1) is 11.6. The van der Waals surface area contributed by atoms with Crippen molar-refractivity contribution in [1.29, 1.82) is 0 Å². The average Bonchev–Trinajstić information content (AvgIpc) is 3.14. The number of carboxylic acid groups (broad SMARTS) is 1. The molecule has 2 fully saturated rings. The predicted octanol–water partition coefficient (Wildman–Crippen LogP) is 3.79. The smallest absolute Gasteiger partial charge is 0.311 e. The second kappa shape index (κ2) is 7.41. The van der Waals surface area contributed by atoms with Gasteiger partial charge in [0.1, 0.15) is 12.2 Å². The molecule has 2 heterocycles. The number of hydrogen-bond acceptors (Lipinski definition) is 3. The number of hydrogen-bond donors (Lipinski definition) is 1. The summed E-state index contributed by atoms with van der Waals surface area (Å²) >= 11 is 0. The molecule has 0 aromatic carbocycles. The van der Waals surface area contributed by atoms with Crippen LogP contribution in [0.4, 0.5) is 0 Å². The van der Waals surface area contributed by atoms with E-state index in [2.05, 4.69) is 0 Å². The zero-order valence-corrected chi connectivity index (χ0v) is 14.4. The molecule has 24 heavy (non-hydrogen) atoms. The summed E-state index contributed by atoms with van der Waals surface area (Å²) in [6.45, 7) is 2.58. The van der Waals surface area contributed by atoms with Gasteiger partial charge in [-0.2, -0.15) is 0 Å². The van der Waals surface area contributed by atoms with Crippen LogP contribution in [0.2, 0.25) is 0 Å². The molecule has 0 spiro atoms. The second-order valence-electron chi connectivity index (χ2n) is 7.32. The van der Waals surface area contributed by atoms with Gasteiger partial charge in [0.2, 0.25) is 0 Å². The molecule has 1 aromatic heterocycles. The Morgan fingerprint density at radius 3 is 2.67 bits per heavy atom. The summed E-state index contributed by atoms with van der Waals surface area (Å²) in [7, 11) is 0. The van der Waals surface area contributed by atoms with Gasteiger partial charge in [0, 0.05) is 18.2 Å². The van der Waals surface area contributed by atoms with Gasteiger partial charge in [0.25, 0.3) is 5.91 Å². The maximum atomic E-state index is 13.1. The van der Waals surface area contributed by atoms with Gasteiger partial charge in [0.15, 0.2) is 0 Å². The fourth-order valence-corrected chi connectivity index (χ4v) is 4.35. The highest BCUT2D eigenvalue weighted by molar-refractivity contribution is 5.97. The molecular formula is C19H27NO4. The van der Waals surface area contributed by atoms with Crippen LogP contribution in [-0.2, 0) is 11.2 Å². The molecule has 0 bridgehead atoms. The van der Waals surface area contributed by atoms with E-state index in [9.17, 15) is 9.59 Å². The molecule has 1 saturated carbocycles. The van der Waals surface area contributed by atoms with E-state index >= 15 is 0 Å². The molecule has 3 rings (SSSR count). The topological polar surface area (TPSA) is 70.7 Å². The lowest BCUT2D eigenvalue weighted by Crippen LogP contribution is -2.37. The van der Waals surface area contributed by atoms with Crippen LogP contribution in [0.15, 0.2) is 10.7 Å². The third kappa shape index (κ3) is 3.65. The maximum Gasteiger partial charge on any atom is 0.311 e. The highest BCUT2D eigenvalue weighted by Gasteiger charge is 2.34. The van der Waals surface area contributed by atoms with E-state index in [1.807, 2.05) is 11.8 Å². The maximum absolute atomic E-state index is 13.1. The molecule has 1 saturated heterocycles. The lowest BCUT2D eigenvalue weighted by Gasteiger charge is -2.30. The van der Waals surface area contributed by atoms with Gasteiger partial charge >= 0.3 is 5.97 Å². The van der Waals surface area contributed by atoms with Crippen molar-refractivity contribution >= 4 is 11.9 Å². The quantitative estimate of drug-likeness (QED) is 0.890. The lowest BCUT2D eigenvalue weighted by atomic mass is 9.84. The fourth-order valence-electron chi connectivity index (χ4n) is 4.35. The predicted molar refractivity (Wildman–Crippen MR) is 90.0 cm³/mol. The van der Waals surface area contributed by atoms with Crippen molar-refractivity contribution in [2.75, 3.05) is 6.54 Å². The summed E-state index contributed by atoms with van der Waals surface area (Å²) in [6.07, 6.45) is 11.0. The number of carbonyl (C=O) groups excluding carboxylic acids is 1. The summed E-state index contributed by atoms with van der Waals surface area (Å²) in [5, 5.41) is 9.03. The third-order valence-corrected chi connectivity index (χ3v) is 5.54. The molecule has 1 aliphatic heterocycles. The Labute approximate surface area is 143 Å². The Morgan fingerprint density at radius 2 is 1.96 bits per heavy atom. The van der Waals surface area contributed by atoms with E-state index in [0.29, 0.717) is 11.6 Å². The normalized spacial score (nSPS) is 22.0. The van der Waals surface area contributed by atoms with Gasteiger partial charge in [-0.15, -0.1) is 0 Å². The van der Waals surface area contributed by atoms with Crippen molar-refractivity contribution in [1.82, 2.24) is 4.90 Å². The Morgan fingerprint density at radius 1 is 1.21 bits per heavy atom. The Hall–Kier alpha value is -1.78. The number of aliphatic carboxylic acids is 1. The van der Waals surface area contributed by atoms with Crippen LogP contribution in [0.25, 0.3) is 0 Å². The molecule has 1 aromatic rings. The molecule has 2 aliphatic rings. The largest absolute Gasteiger partial charge is 0.481 e. The van der Waals surface area contributed by atoms with E-state index in [-0.39, 0.29) is 18.1 Å². The van der Waals surface area contributed by atoms with Crippen LogP contribution in [0.1, 0.15) is 73.0 Å². The third-order valence-electron chi connectivity index (χ3n) is 5.54. The standard InChI is InChI=1S/C19H27NO4/c1-13-12-24-16(11-17(21)22)18(13)19(23)20-9-5-8-15(20)10-14-6-3-2-4-7-14/h12,14-15H,2-11H2,1H3,(H,21,22). The highest BCUT2D eigenvalue weighted by Crippen LogP contribution is 2.33. The van der Waals surface area contributed by atoms with Crippen molar-refractivity contribution in [3.05, 3.63) is 23.2 Å². The van der Waals surface area contributed by atoms with E-state index in [4.69, 9.17) is 9.52 Å². The van der Waals surface area contributed by atoms with E-state index in [1.54, 1.807) is 0 Å². The molecule has 5 heteroatoms. The van der Waals surface area contributed by atoms with Crippen molar-refractivity contribution in [3.63, 3.8) is 0 Å². The molecule has 1 N–H and O–H groups in total. The van der Waals surface area contributed by atoms with Crippen molar-refractivity contribution in [2.24, 2.45) is 5.92 Å². The van der Waals surface area contributed by atoms with Crippen molar-refractivity contribution in [3.8, 4) is 0 Å². The number of rotatable bonds is 5. The Kier molecular flexibility index (Phi) is 5.27. The number of carbonyl (C=O) groups is 2. The van der Waals surface area contributed by atoms with Gasteiger partial charge in [-0.3, -0.25) is 9.59 Å². The summed E-state index contributed by atoms with van der Waals surface area (Å²) < 4.78 is 5.34.